The van der Waals surface area contributed by atoms with Crippen LogP contribution in [0.25, 0.3) is 0 Å². The summed E-state index contributed by atoms with van der Waals surface area (Å²) >= 11 is 5.56. The predicted octanol–water partition coefficient (Wildman–Crippen LogP) is 2.00. The second-order valence-corrected chi connectivity index (χ2v) is 6.10. The summed E-state index contributed by atoms with van der Waals surface area (Å²) in [6.45, 7) is 1.74. The number of carboxylic acid groups (broad SMARTS) is 1. The summed E-state index contributed by atoms with van der Waals surface area (Å²) in [5.74, 6) is -1.02. The van der Waals surface area contributed by atoms with Crippen LogP contribution < -0.4 is 4.72 Å². The van der Waals surface area contributed by atoms with Crippen LogP contribution in [0.3, 0.4) is 0 Å². The van der Waals surface area contributed by atoms with Gasteiger partial charge in [-0.15, -0.1) is 11.6 Å². The van der Waals surface area contributed by atoms with Crippen molar-refractivity contribution in [3.63, 3.8) is 0 Å². The predicted molar refractivity (Wildman–Crippen MR) is 70.7 cm³/mol. The monoisotopic (exact) mass is 291 g/mol. The third-order valence-corrected chi connectivity index (χ3v) is 4.25. The molecule has 0 saturated carbocycles. The maximum absolute atomic E-state index is 11.7. The Labute approximate surface area is 111 Å². The van der Waals surface area contributed by atoms with Crippen LogP contribution in [0.1, 0.15) is 17.3 Å². The van der Waals surface area contributed by atoms with Gasteiger partial charge >= 0.3 is 5.97 Å². The van der Waals surface area contributed by atoms with Crippen LogP contribution in [0.5, 0.6) is 0 Å². The molecule has 7 heteroatoms. The standard InChI is InChI=1S/C11H14ClNO4S/c1-8(6-12)7-18(16,17)13-10-4-2-9(3-5-10)11(14)15/h2-5,8,13H,6-7H2,1H3,(H,14,15). The molecule has 0 aliphatic heterocycles. The summed E-state index contributed by atoms with van der Waals surface area (Å²) in [5, 5.41) is 8.71. The molecule has 0 saturated heterocycles. The van der Waals surface area contributed by atoms with Gasteiger partial charge in [0.1, 0.15) is 0 Å². The number of carboxylic acids is 1. The van der Waals surface area contributed by atoms with Crippen molar-refractivity contribution in [2.45, 2.75) is 6.92 Å². The lowest BCUT2D eigenvalue weighted by atomic mass is 10.2. The lowest BCUT2D eigenvalue weighted by Crippen LogP contribution is -2.22. The summed E-state index contributed by atoms with van der Waals surface area (Å²) in [5.41, 5.74) is 0.439. The molecule has 0 bridgehead atoms. The number of benzene rings is 1. The molecule has 100 valence electrons. The summed E-state index contributed by atoms with van der Waals surface area (Å²) in [6, 6.07) is 5.50. The Morgan fingerprint density at radius 1 is 1.39 bits per heavy atom. The molecule has 0 radical (unpaired) electrons. The average molecular weight is 292 g/mol. The number of hydrogen-bond acceptors (Lipinski definition) is 3. The van der Waals surface area contributed by atoms with E-state index in [2.05, 4.69) is 4.72 Å². The molecule has 1 aromatic rings. The molecule has 0 heterocycles. The number of carbonyl (C=O) groups is 1. The zero-order chi connectivity index (χ0) is 13.8. The van der Waals surface area contributed by atoms with Gasteiger partial charge in [0.15, 0.2) is 0 Å². The summed E-state index contributed by atoms with van der Waals surface area (Å²) in [7, 11) is -3.46. The van der Waals surface area contributed by atoms with Crippen molar-refractivity contribution in [3.05, 3.63) is 29.8 Å². The maximum Gasteiger partial charge on any atom is 0.335 e. The van der Waals surface area contributed by atoms with Gasteiger partial charge in [-0.3, -0.25) is 4.72 Å². The molecule has 0 fully saturated rings. The lowest BCUT2D eigenvalue weighted by Gasteiger charge is -2.11. The largest absolute Gasteiger partial charge is 0.478 e. The second kappa shape index (κ2) is 6.06. The number of alkyl halides is 1. The van der Waals surface area contributed by atoms with Crippen molar-refractivity contribution >= 4 is 33.3 Å². The Hall–Kier alpha value is -1.27. The molecule has 0 aliphatic carbocycles. The fourth-order valence-corrected chi connectivity index (χ4v) is 3.01. The van der Waals surface area contributed by atoms with Crippen LogP contribution in [0.4, 0.5) is 5.69 Å². The molecule has 1 atom stereocenters. The number of anilines is 1. The van der Waals surface area contributed by atoms with Gasteiger partial charge in [-0.1, -0.05) is 6.92 Å². The van der Waals surface area contributed by atoms with E-state index in [-0.39, 0.29) is 23.1 Å². The Balaban J connectivity index is 2.75. The SMILES string of the molecule is CC(CCl)CS(=O)(=O)Nc1ccc(C(=O)O)cc1. The minimum absolute atomic E-state index is 0.0722. The molecule has 0 spiro atoms. The van der Waals surface area contributed by atoms with Crippen LogP contribution in [-0.2, 0) is 10.0 Å². The highest BCUT2D eigenvalue weighted by Crippen LogP contribution is 2.13. The molecule has 1 aromatic carbocycles. The van der Waals surface area contributed by atoms with Crippen LogP contribution >= 0.6 is 11.6 Å². The quantitative estimate of drug-likeness (QED) is 0.785. The highest BCUT2D eigenvalue weighted by molar-refractivity contribution is 7.92. The van der Waals surface area contributed by atoms with E-state index in [1.54, 1.807) is 6.92 Å². The van der Waals surface area contributed by atoms with E-state index in [0.717, 1.165) is 0 Å². The molecule has 2 N–H and O–H groups in total. The second-order valence-electron chi connectivity index (χ2n) is 4.03. The molecule has 18 heavy (non-hydrogen) atoms. The number of nitrogens with one attached hydrogen (secondary N) is 1. The van der Waals surface area contributed by atoms with Crippen LogP contribution in [-0.4, -0.2) is 31.1 Å². The van der Waals surface area contributed by atoms with E-state index in [0.29, 0.717) is 5.69 Å². The van der Waals surface area contributed by atoms with Crippen LogP contribution in [0.2, 0.25) is 0 Å². The first kappa shape index (κ1) is 14.8. The fourth-order valence-electron chi connectivity index (χ4n) is 1.32. The zero-order valence-corrected chi connectivity index (χ0v) is 11.3. The van der Waals surface area contributed by atoms with Crippen molar-refractivity contribution in [1.29, 1.82) is 0 Å². The van der Waals surface area contributed by atoms with Crippen molar-refractivity contribution in [1.82, 2.24) is 0 Å². The van der Waals surface area contributed by atoms with Gasteiger partial charge in [0.2, 0.25) is 10.0 Å². The van der Waals surface area contributed by atoms with E-state index >= 15 is 0 Å². The molecule has 0 amide bonds. The first-order valence-electron chi connectivity index (χ1n) is 5.24. The topological polar surface area (TPSA) is 83.5 Å². The maximum atomic E-state index is 11.7. The molecule has 1 unspecified atom stereocenters. The van der Waals surface area contributed by atoms with E-state index in [9.17, 15) is 13.2 Å². The minimum Gasteiger partial charge on any atom is -0.478 e. The van der Waals surface area contributed by atoms with Crippen molar-refractivity contribution in [3.8, 4) is 0 Å². The van der Waals surface area contributed by atoms with Crippen molar-refractivity contribution in [2.24, 2.45) is 5.92 Å². The first-order valence-corrected chi connectivity index (χ1v) is 7.42. The summed E-state index contributed by atoms with van der Waals surface area (Å²) < 4.78 is 25.8. The van der Waals surface area contributed by atoms with Crippen molar-refractivity contribution in [2.75, 3.05) is 16.4 Å². The smallest absolute Gasteiger partial charge is 0.335 e. The number of halogens is 1. The number of hydrogen-bond donors (Lipinski definition) is 2. The molecule has 5 nitrogen and oxygen atoms in total. The van der Waals surface area contributed by atoms with Gasteiger partial charge in [-0.25, -0.2) is 13.2 Å². The van der Waals surface area contributed by atoms with Gasteiger partial charge in [0, 0.05) is 11.6 Å². The van der Waals surface area contributed by atoms with Gasteiger partial charge in [0.25, 0.3) is 0 Å². The van der Waals surface area contributed by atoms with E-state index in [1.165, 1.54) is 24.3 Å². The van der Waals surface area contributed by atoms with Gasteiger partial charge in [-0.05, 0) is 30.2 Å². The minimum atomic E-state index is -3.46. The highest BCUT2D eigenvalue weighted by atomic mass is 35.5. The highest BCUT2D eigenvalue weighted by Gasteiger charge is 2.15. The molecule has 1 rings (SSSR count). The Kier molecular flexibility index (Phi) is 4.98. The molecule has 0 aromatic heterocycles. The molecule has 0 aliphatic rings. The Bertz CT molecular complexity index is 512. The van der Waals surface area contributed by atoms with E-state index < -0.39 is 16.0 Å². The van der Waals surface area contributed by atoms with Crippen molar-refractivity contribution < 1.29 is 18.3 Å². The zero-order valence-electron chi connectivity index (χ0n) is 9.76. The fraction of sp³-hybridized carbons (Fsp3) is 0.364. The Morgan fingerprint density at radius 2 is 1.94 bits per heavy atom. The van der Waals surface area contributed by atoms with E-state index in [4.69, 9.17) is 16.7 Å². The van der Waals surface area contributed by atoms with Crippen LogP contribution in [0.15, 0.2) is 24.3 Å². The third-order valence-electron chi connectivity index (χ3n) is 2.17. The first-order chi connectivity index (χ1) is 8.34. The number of sulfonamides is 1. The Morgan fingerprint density at radius 3 is 2.39 bits per heavy atom. The summed E-state index contributed by atoms with van der Waals surface area (Å²) in [6.07, 6.45) is 0. The number of aromatic carboxylic acids is 1. The normalized spacial score (nSPS) is 13.0. The van der Waals surface area contributed by atoms with Crippen LogP contribution in [0, 0.1) is 5.92 Å². The number of rotatable bonds is 6. The lowest BCUT2D eigenvalue weighted by molar-refractivity contribution is 0.0697. The average Bonchev–Trinajstić information content (AvgIpc) is 2.28. The van der Waals surface area contributed by atoms with Gasteiger partial charge < -0.3 is 5.11 Å². The van der Waals surface area contributed by atoms with Gasteiger partial charge in [0.05, 0.1) is 11.3 Å². The third kappa shape index (κ3) is 4.54. The summed E-state index contributed by atoms with van der Waals surface area (Å²) in [4.78, 5) is 10.6. The van der Waals surface area contributed by atoms with Gasteiger partial charge in [-0.2, -0.15) is 0 Å². The molecular formula is C11H14ClNO4S. The molecular weight excluding hydrogens is 278 g/mol. The van der Waals surface area contributed by atoms with E-state index in [1.807, 2.05) is 0 Å².